The summed E-state index contributed by atoms with van der Waals surface area (Å²) in [6, 6.07) is 5.98. The van der Waals surface area contributed by atoms with E-state index in [0.29, 0.717) is 15.4 Å². The van der Waals surface area contributed by atoms with Crippen LogP contribution in [-0.2, 0) is 10.0 Å². The number of sulfonamides is 1. The van der Waals surface area contributed by atoms with Gasteiger partial charge in [-0.2, -0.15) is 4.31 Å². The van der Waals surface area contributed by atoms with Crippen LogP contribution in [0.4, 0.5) is 0 Å². The molecule has 0 aromatic heterocycles. The maximum absolute atomic E-state index is 12.8. The molecule has 1 aliphatic carbocycles. The zero-order chi connectivity index (χ0) is 15.6. The molecule has 0 saturated heterocycles. The van der Waals surface area contributed by atoms with Crippen LogP contribution in [0.25, 0.3) is 0 Å². The van der Waals surface area contributed by atoms with E-state index in [4.69, 9.17) is 0 Å². The van der Waals surface area contributed by atoms with Gasteiger partial charge in [0.05, 0.1) is 4.90 Å². The van der Waals surface area contributed by atoms with Crippen molar-refractivity contribution in [1.29, 1.82) is 0 Å². The highest BCUT2D eigenvalue weighted by Gasteiger charge is 2.32. The first-order valence-corrected chi connectivity index (χ1v) is 9.51. The van der Waals surface area contributed by atoms with Crippen LogP contribution in [0.3, 0.4) is 0 Å². The van der Waals surface area contributed by atoms with E-state index >= 15 is 0 Å². The standard InChI is InChI=1S/C15H23BrN2O2S/c1-11-4-9-15(14(16)10-11)21(19,20)18(3)13-7-5-12(17-2)6-8-13/h4,9-10,12-13,17H,5-8H2,1-3H3. The second-order valence-electron chi connectivity index (χ2n) is 5.75. The Kier molecular flexibility index (Phi) is 5.46. The summed E-state index contributed by atoms with van der Waals surface area (Å²) >= 11 is 3.38. The molecule has 4 nitrogen and oxygen atoms in total. The maximum atomic E-state index is 12.8. The summed E-state index contributed by atoms with van der Waals surface area (Å²) in [5.41, 5.74) is 1.04. The second kappa shape index (κ2) is 6.77. The number of benzene rings is 1. The van der Waals surface area contributed by atoms with Crippen molar-refractivity contribution in [2.45, 2.75) is 49.6 Å². The van der Waals surface area contributed by atoms with Crippen LogP contribution < -0.4 is 5.32 Å². The summed E-state index contributed by atoms with van der Waals surface area (Å²) in [4.78, 5) is 0.353. The summed E-state index contributed by atoms with van der Waals surface area (Å²) in [5.74, 6) is 0. The van der Waals surface area contributed by atoms with Gasteiger partial charge in [-0.15, -0.1) is 0 Å². The van der Waals surface area contributed by atoms with Crippen LogP contribution in [0.15, 0.2) is 27.6 Å². The topological polar surface area (TPSA) is 49.4 Å². The van der Waals surface area contributed by atoms with Crippen molar-refractivity contribution in [2.24, 2.45) is 0 Å². The molecule has 21 heavy (non-hydrogen) atoms. The number of rotatable bonds is 4. The molecule has 1 aromatic rings. The van der Waals surface area contributed by atoms with E-state index in [1.165, 1.54) is 0 Å². The fourth-order valence-electron chi connectivity index (χ4n) is 2.89. The average molecular weight is 375 g/mol. The summed E-state index contributed by atoms with van der Waals surface area (Å²) < 4.78 is 27.8. The molecule has 0 radical (unpaired) electrons. The molecule has 1 aliphatic rings. The molecule has 0 aliphatic heterocycles. The maximum Gasteiger partial charge on any atom is 0.244 e. The van der Waals surface area contributed by atoms with Gasteiger partial charge in [-0.05, 0) is 73.3 Å². The number of nitrogens with one attached hydrogen (secondary N) is 1. The van der Waals surface area contributed by atoms with Crippen molar-refractivity contribution in [1.82, 2.24) is 9.62 Å². The predicted molar refractivity (Wildman–Crippen MR) is 88.9 cm³/mol. The second-order valence-corrected chi connectivity index (χ2v) is 8.57. The predicted octanol–water partition coefficient (Wildman–Crippen LogP) is 2.91. The highest BCUT2D eigenvalue weighted by Crippen LogP contribution is 2.30. The van der Waals surface area contributed by atoms with Gasteiger partial charge < -0.3 is 5.32 Å². The average Bonchev–Trinajstić information content (AvgIpc) is 2.46. The first kappa shape index (κ1) is 16.9. The van der Waals surface area contributed by atoms with Crippen molar-refractivity contribution in [3.63, 3.8) is 0 Å². The smallest absolute Gasteiger partial charge is 0.244 e. The molecule has 2 rings (SSSR count). The molecule has 118 valence electrons. The lowest BCUT2D eigenvalue weighted by Crippen LogP contribution is -2.42. The van der Waals surface area contributed by atoms with Gasteiger partial charge in [0, 0.05) is 23.6 Å². The van der Waals surface area contributed by atoms with Gasteiger partial charge in [-0.25, -0.2) is 8.42 Å². The summed E-state index contributed by atoms with van der Waals surface area (Å²) in [5, 5.41) is 3.27. The minimum atomic E-state index is -3.44. The van der Waals surface area contributed by atoms with E-state index in [0.717, 1.165) is 31.2 Å². The Morgan fingerprint density at radius 1 is 1.24 bits per heavy atom. The van der Waals surface area contributed by atoms with Gasteiger partial charge in [0.1, 0.15) is 0 Å². The van der Waals surface area contributed by atoms with Crippen LogP contribution >= 0.6 is 15.9 Å². The molecule has 1 aromatic carbocycles. The minimum Gasteiger partial charge on any atom is -0.317 e. The fourth-order valence-corrected chi connectivity index (χ4v) is 5.46. The minimum absolute atomic E-state index is 0.0906. The Bertz CT molecular complexity index is 596. The molecule has 0 unspecified atom stereocenters. The number of hydrogen-bond acceptors (Lipinski definition) is 3. The van der Waals surface area contributed by atoms with Gasteiger partial charge in [0.2, 0.25) is 10.0 Å². The number of halogens is 1. The molecule has 1 fully saturated rings. The Morgan fingerprint density at radius 3 is 2.38 bits per heavy atom. The van der Waals surface area contributed by atoms with Crippen LogP contribution in [0.5, 0.6) is 0 Å². The summed E-state index contributed by atoms with van der Waals surface area (Å²) in [7, 11) is 0.223. The van der Waals surface area contributed by atoms with Crippen LogP contribution in [0.2, 0.25) is 0 Å². The molecule has 6 heteroatoms. The molecule has 1 N–H and O–H groups in total. The Hall–Kier alpha value is -0.430. The van der Waals surface area contributed by atoms with Gasteiger partial charge in [0.15, 0.2) is 0 Å². The largest absolute Gasteiger partial charge is 0.317 e. The van der Waals surface area contributed by atoms with Crippen molar-refractivity contribution >= 4 is 26.0 Å². The van der Waals surface area contributed by atoms with Gasteiger partial charge in [-0.3, -0.25) is 0 Å². The van der Waals surface area contributed by atoms with Crippen molar-refractivity contribution < 1.29 is 8.42 Å². The normalized spacial score (nSPS) is 23.5. The van der Waals surface area contributed by atoms with Crippen molar-refractivity contribution in [3.05, 3.63) is 28.2 Å². The first-order chi connectivity index (χ1) is 9.86. The van der Waals surface area contributed by atoms with Gasteiger partial charge in [-0.1, -0.05) is 6.07 Å². The van der Waals surface area contributed by atoms with Crippen LogP contribution in [-0.4, -0.2) is 38.9 Å². The van der Waals surface area contributed by atoms with Gasteiger partial charge in [0.25, 0.3) is 0 Å². The monoisotopic (exact) mass is 374 g/mol. The van der Waals surface area contributed by atoms with E-state index < -0.39 is 10.0 Å². The molecular weight excluding hydrogens is 352 g/mol. The lowest BCUT2D eigenvalue weighted by atomic mass is 9.91. The van der Waals surface area contributed by atoms with E-state index in [-0.39, 0.29) is 6.04 Å². The first-order valence-electron chi connectivity index (χ1n) is 7.27. The zero-order valence-corrected chi connectivity index (χ0v) is 15.2. The van der Waals surface area contributed by atoms with Crippen molar-refractivity contribution in [3.8, 4) is 0 Å². The highest BCUT2D eigenvalue weighted by molar-refractivity contribution is 9.10. The van der Waals surface area contributed by atoms with Crippen LogP contribution in [0.1, 0.15) is 31.2 Å². The van der Waals surface area contributed by atoms with Crippen LogP contribution in [0, 0.1) is 6.92 Å². The van der Waals surface area contributed by atoms with Gasteiger partial charge >= 0.3 is 0 Å². The molecule has 0 bridgehead atoms. The molecule has 0 amide bonds. The zero-order valence-electron chi connectivity index (χ0n) is 12.8. The third kappa shape index (κ3) is 3.67. The number of hydrogen-bond donors (Lipinski definition) is 1. The van der Waals surface area contributed by atoms with E-state index in [9.17, 15) is 8.42 Å². The lowest BCUT2D eigenvalue weighted by Gasteiger charge is -2.34. The number of nitrogens with zero attached hydrogens (tertiary/aromatic N) is 1. The lowest BCUT2D eigenvalue weighted by molar-refractivity contribution is 0.255. The molecule has 1 saturated carbocycles. The Labute approximate surface area is 136 Å². The third-order valence-corrected chi connectivity index (χ3v) is 7.25. The number of aryl methyl sites for hydroxylation is 1. The van der Waals surface area contributed by atoms with Crippen molar-refractivity contribution in [2.75, 3.05) is 14.1 Å². The Balaban J connectivity index is 2.19. The summed E-state index contributed by atoms with van der Waals surface area (Å²) in [6.45, 7) is 1.95. The summed E-state index contributed by atoms with van der Waals surface area (Å²) in [6.07, 6.45) is 3.86. The van der Waals surface area contributed by atoms with E-state index in [1.54, 1.807) is 17.4 Å². The van der Waals surface area contributed by atoms with E-state index in [2.05, 4.69) is 21.2 Å². The molecule has 0 spiro atoms. The van der Waals surface area contributed by atoms with E-state index in [1.807, 2.05) is 26.1 Å². The Morgan fingerprint density at radius 2 is 1.86 bits per heavy atom. The quantitative estimate of drug-likeness (QED) is 0.881. The highest BCUT2D eigenvalue weighted by atomic mass is 79.9. The SMILES string of the molecule is CNC1CCC(N(C)S(=O)(=O)c2ccc(C)cc2Br)CC1. The molecule has 0 atom stereocenters. The molecule has 0 heterocycles. The fraction of sp³-hybridized carbons (Fsp3) is 0.600. The third-order valence-electron chi connectivity index (χ3n) is 4.36. The molecular formula is C15H23BrN2O2S.